The van der Waals surface area contributed by atoms with Gasteiger partial charge in [-0.25, -0.2) is 0 Å². The number of likely N-dealkylation sites (N-methyl/N-ethyl adjacent to an activating group) is 1. The molecule has 0 aliphatic heterocycles. The molecule has 1 rings (SSSR count). The summed E-state index contributed by atoms with van der Waals surface area (Å²) in [5.74, 6) is -0.0564. The van der Waals surface area contributed by atoms with E-state index in [1.807, 2.05) is 31.2 Å². The van der Waals surface area contributed by atoms with Crippen LogP contribution >= 0.6 is 0 Å². The van der Waals surface area contributed by atoms with Crippen molar-refractivity contribution >= 4 is 18.1 Å². The van der Waals surface area contributed by atoms with E-state index in [1.54, 1.807) is 32.1 Å². The number of hydrogen-bond donors (Lipinski definition) is 1. The molecule has 2 amide bonds. The van der Waals surface area contributed by atoms with Crippen molar-refractivity contribution in [2.75, 3.05) is 40.9 Å². The molecule has 7 heteroatoms. The van der Waals surface area contributed by atoms with Crippen LogP contribution in [0.3, 0.4) is 0 Å². The number of carbonyl (C=O) groups is 3. The second-order valence-electron chi connectivity index (χ2n) is 6.78. The maximum atomic E-state index is 12.1. The van der Waals surface area contributed by atoms with Gasteiger partial charge in [-0.15, -0.1) is 0 Å². The largest absolute Gasteiger partial charge is 0.392 e. The molecule has 0 unspecified atom stereocenters. The zero-order chi connectivity index (χ0) is 20.9. The molecule has 0 atom stereocenters. The third-order valence-corrected chi connectivity index (χ3v) is 4.22. The molecule has 0 spiro atoms. The van der Waals surface area contributed by atoms with Gasteiger partial charge in [-0.1, -0.05) is 24.3 Å². The minimum atomic E-state index is -0.101. The van der Waals surface area contributed by atoms with Crippen molar-refractivity contribution in [3.8, 4) is 0 Å². The highest BCUT2D eigenvalue weighted by atomic mass is 16.5. The highest BCUT2D eigenvalue weighted by Gasteiger charge is 2.10. The van der Waals surface area contributed by atoms with Crippen LogP contribution in [0, 0.1) is 0 Å². The summed E-state index contributed by atoms with van der Waals surface area (Å²) in [7, 11) is 5.21. The summed E-state index contributed by atoms with van der Waals surface area (Å²) in [5, 5.41) is 2.93. The van der Waals surface area contributed by atoms with E-state index in [0.29, 0.717) is 32.5 Å². The van der Waals surface area contributed by atoms with Gasteiger partial charge in [-0.2, -0.15) is 0 Å². The fourth-order valence-corrected chi connectivity index (χ4v) is 2.43. The number of nitrogens with zero attached hydrogens (tertiary/aromatic N) is 2. The van der Waals surface area contributed by atoms with Crippen LogP contribution in [0.4, 0.5) is 0 Å². The Morgan fingerprint density at radius 3 is 2.39 bits per heavy atom. The lowest BCUT2D eigenvalue weighted by Gasteiger charge is -2.18. The number of ether oxygens (including phenoxy) is 1. The van der Waals surface area contributed by atoms with Crippen LogP contribution in [0.25, 0.3) is 0 Å². The van der Waals surface area contributed by atoms with E-state index in [1.165, 1.54) is 4.90 Å². The lowest BCUT2D eigenvalue weighted by atomic mass is 10.1. The Balaban J connectivity index is 2.39. The van der Waals surface area contributed by atoms with Crippen LogP contribution in [0.15, 0.2) is 36.0 Å². The summed E-state index contributed by atoms with van der Waals surface area (Å²) in [6.45, 7) is 3.38. The molecule has 0 bridgehead atoms. The van der Waals surface area contributed by atoms with Crippen LogP contribution in [-0.2, 0) is 32.1 Å². The number of rotatable bonds is 13. The van der Waals surface area contributed by atoms with Crippen molar-refractivity contribution < 1.29 is 19.1 Å². The van der Waals surface area contributed by atoms with Gasteiger partial charge in [0.2, 0.25) is 12.3 Å². The summed E-state index contributed by atoms with van der Waals surface area (Å²) in [6, 6.07) is 7.68. The average molecular weight is 389 g/mol. The van der Waals surface area contributed by atoms with Gasteiger partial charge in [-0.3, -0.25) is 14.4 Å². The van der Waals surface area contributed by atoms with Gasteiger partial charge in [0.1, 0.15) is 6.61 Å². The first-order chi connectivity index (χ1) is 13.3. The van der Waals surface area contributed by atoms with E-state index in [-0.39, 0.29) is 18.3 Å². The van der Waals surface area contributed by atoms with E-state index in [2.05, 4.69) is 5.32 Å². The van der Waals surface area contributed by atoms with Crippen molar-refractivity contribution in [1.82, 2.24) is 15.1 Å². The molecule has 0 saturated heterocycles. The molecule has 0 aliphatic rings. The van der Waals surface area contributed by atoms with Crippen molar-refractivity contribution in [1.29, 1.82) is 0 Å². The van der Waals surface area contributed by atoms with Gasteiger partial charge < -0.3 is 19.9 Å². The highest BCUT2D eigenvalue weighted by molar-refractivity contribution is 5.91. The van der Waals surface area contributed by atoms with E-state index in [9.17, 15) is 14.4 Å². The molecule has 28 heavy (non-hydrogen) atoms. The van der Waals surface area contributed by atoms with Gasteiger partial charge in [0, 0.05) is 59.0 Å². The molecule has 7 nitrogen and oxygen atoms in total. The number of nitrogens with one attached hydrogen (secondary N) is 1. The number of hydrogen-bond acceptors (Lipinski definition) is 5. The van der Waals surface area contributed by atoms with Crippen LogP contribution in [0.2, 0.25) is 0 Å². The number of amides is 2. The molecule has 1 aromatic rings. The number of allylic oxidation sites excluding steroid dienone is 2. The zero-order valence-corrected chi connectivity index (χ0v) is 17.2. The first-order valence-electron chi connectivity index (χ1n) is 9.29. The smallest absolute Gasteiger partial charge is 0.248 e. The Labute approximate surface area is 167 Å². The van der Waals surface area contributed by atoms with Crippen LogP contribution in [0.1, 0.15) is 24.5 Å². The third-order valence-electron chi connectivity index (χ3n) is 4.22. The molecule has 0 saturated carbocycles. The van der Waals surface area contributed by atoms with Crippen LogP contribution < -0.4 is 5.32 Å². The first kappa shape index (κ1) is 23.4. The zero-order valence-electron chi connectivity index (χ0n) is 17.2. The lowest BCUT2D eigenvalue weighted by molar-refractivity contribution is -0.135. The summed E-state index contributed by atoms with van der Waals surface area (Å²) >= 11 is 0. The lowest BCUT2D eigenvalue weighted by Crippen LogP contribution is -2.30. The molecule has 1 aromatic carbocycles. The monoisotopic (exact) mass is 389 g/mol. The highest BCUT2D eigenvalue weighted by Crippen LogP contribution is 2.09. The minimum Gasteiger partial charge on any atom is -0.392 e. The molecule has 0 aromatic heterocycles. The molecule has 1 N–H and O–H groups in total. The van der Waals surface area contributed by atoms with Gasteiger partial charge in [0.25, 0.3) is 0 Å². The van der Waals surface area contributed by atoms with E-state index >= 15 is 0 Å². The molecule has 0 fully saturated rings. The second kappa shape index (κ2) is 12.7. The molecular weight excluding hydrogens is 358 g/mol. The van der Waals surface area contributed by atoms with E-state index in [4.69, 9.17) is 4.74 Å². The quantitative estimate of drug-likeness (QED) is 0.313. The molecule has 154 valence electrons. The Morgan fingerprint density at radius 1 is 1.14 bits per heavy atom. The van der Waals surface area contributed by atoms with Crippen molar-refractivity contribution in [3.63, 3.8) is 0 Å². The summed E-state index contributed by atoms with van der Waals surface area (Å²) in [5.41, 5.74) is 2.76. The number of carbonyl (C=O) groups excluding carboxylic acids is 3. The third kappa shape index (κ3) is 9.32. The van der Waals surface area contributed by atoms with Crippen LogP contribution in [-0.4, -0.2) is 68.8 Å². The summed E-state index contributed by atoms with van der Waals surface area (Å²) in [6.07, 6.45) is 3.40. The van der Waals surface area contributed by atoms with Crippen molar-refractivity contribution in [2.45, 2.75) is 26.3 Å². The van der Waals surface area contributed by atoms with E-state index in [0.717, 1.165) is 23.2 Å². The van der Waals surface area contributed by atoms with Crippen molar-refractivity contribution in [2.24, 2.45) is 0 Å². The summed E-state index contributed by atoms with van der Waals surface area (Å²) in [4.78, 5) is 37.7. The first-order valence-corrected chi connectivity index (χ1v) is 9.29. The Kier molecular flexibility index (Phi) is 10.6. The normalized spacial score (nSPS) is 11.1. The Hall–Kier alpha value is -2.67. The number of ketones is 1. The molecule has 0 aliphatic carbocycles. The number of benzene rings is 1. The maximum Gasteiger partial charge on any atom is 0.248 e. The Bertz CT molecular complexity index is 671. The van der Waals surface area contributed by atoms with Crippen molar-refractivity contribution in [3.05, 3.63) is 47.2 Å². The second-order valence-corrected chi connectivity index (χ2v) is 6.78. The molecular formula is C21H31N3O4. The van der Waals surface area contributed by atoms with Gasteiger partial charge in [-0.05, 0) is 24.5 Å². The molecule has 0 heterocycles. The van der Waals surface area contributed by atoms with Crippen LogP contribution in [0.5, 0.6) is 0 Å². The topological polar surface area (TPSA) is 79.0 Å². The fraction of sp³-hybridized carbons (Fsp3) is 0.476. The van der Waals surface area contributed by atoms with Gasteiger partial charge in [0.15, 0.2) is 5.78 Å². The fourth-order valence-electron chi connectivity index (χ4n) is 2.43. The van der Waals surface area contributed by atoms with E-state index < -0.39 is 0 Å². The van der Waals surface area contributed by atoms with Gasteiger partial charge in [0.05, 0.1) is 0 Å². The predicted octanol–water partition coefficient (Wildman–Crippen LogP) is 1.37. The standard InChI is InChI=1S/C21H31N3O4/c1-17(22-2)12-20(26)13-18-6-8-19(9-7-18)14-24(4)21(27)15-28-11-5-10-23(3)16-25/h6-9,12,16,22H,5,10-11,13-15H2,1-4H3/b17-12-. The SMILES string of the molecule is CN/C(C)=C\C(=O)Cc1ccc(CN(C)C(=O)COCCCN(C)C=O)cc1. The molecule has 0 radical (unpaired) electrons. The predicted molar refractivity (Wildman–Crippen MR) is 109 cm³/mol. The minimum absolute atomic E-state index is 0.0189. The summed E-state index contributed by atoms with van der Waals surface area (Å²) < 4.78 is 5.37. The Morgan fingerprint density at radius 2 is 1.79 bits per heavy atom. The average Bonchev–Trinajstić information content (AvgIpc) is 2.68. The maximum absolute atomic E-state index is 12.1. The van der Waals surface area contributed by atoms with Gasteiger partial charge >= 0.3 is 0 Å².